The molecule has 1 atom stereocenters. The van der Waals surface area contributed by atoms with Crippen molar-refractivity contribution in [3.8, 4) is 11.3 Å². The van der Waals surface area contributed by atoms with E-state index in [9.17, 15) is 4.79 Å². The maximum Gasteiger partial charge on any atom is 0.271 e. The van der Waals surface area contributed by atoms with E-state index < -0.39 is 0 Å². The van der Waals surface area contributed by atoms with Crippen LogP contribution in [0.3, 0.4) is 0 Å². The average molecular weight is 420 g/mol. The van der Waals surface area contributed by atoms with Crippen LogP contribution < -0.4 is 0 Å². The van der Waals surface area contributed by atoms with Crippen molar-refractivity contribution < 1.29 is 4.79 Å². The summed E-state index contributed by atoms with van der Waals surface area (Å²) in [5.74, 6) is 0.110. The highest BCUT2D eigenvalue weighted by molar-refractivity contribution is 7.15. The lowest BCUT2D eigenvalue weighted by molar-refractivity contribution is 0.0587. The van der Waals surface area contributed by atoms with Crippen LogP contribution in [-0.4, -0.2) is 42.6 Å². The predicted molar refractivity (Wildman–Crippen MR) is 119 cm³/mol. The van der Waals surface area contributed by atoms with E-state index in [1.54, 1.807) is 6.20 Å². The van der Waals surface area contributed by atoms with Gasteiger partial charge < -0.3 is 4.90 Å². The van der Waals surface area contributed by atoms with Crippen LogP contribution in [0.4, 0.5) is 0 Å². The van der Waals surface area contributed by atoms with E-state index in [-0.39, 0.29) is 11.9 Å². The number of rotatable bonds is 5. The van der Waals surface area contributed by atoms with Crippen molar-refractivity contribution >= 4 is 22.2 Å². The van der Waals surface area contributed by atoms with Crippen LogP contribution in [0.5, 0.6) is 0 Å². The van der Waals surface area contributed by atoms with Gasteiger partial charge >= 0.3 is 0 Å². The Bertz CT molecular complexity index is 1140. The Hall–Kier alpha value is -2.93. The molecule has 1 saturated heterocycles. The lowest BCUT2D eigenvalue weighted by Gasteiger charge is -2.35. The minimum Gasteiger partial charge on any atom is -0.334 e. The molecule has 6 nitrogen and oxygen atoms in total. The van der Waals surface area contributed by atoms with Crippen molar-refractivity contribution in [2.24, 2.45) is 0 Å². The molecule has 0 N–H and O–H groups in total. The van der Waals surface area contributed by atoms with Gasteiger partial charge in [0.15, 0.2) is 4.96 Å². The summed E-state index contributed by atoms with van der Waals surface area (Å²) in [5.41, 5.74) is 3.92. The fraction of sp³-hybridized carbons (Fsp3) is 0.348. The van der Waals surface area contributed by atoms with Crippen LogP contribution in [0.1, 0.15) is 41.7 Å². The Morgan fingerprint density at radius 3 is 2.90 bits per heavy atom. The van der Waals surface area contributed by atoms with Crippen molar-refractivity contribution in [1.82, 2.24) is 24.1 Å². The summed E-state index contributed by atoms with van der Waals surface area (Å²) in [6.45, 7) is 3.73. The van der Waals surface area contributed by atoms with E-state index in [2.05, 4.69) is 41.2 Å². The van der Waals surface area contributed by atoms with Crippen molar-refractivity contribution in [3.05, 3.63) is 65.6 Å². The van der Waals surface area contributed by atoms with Gasteiger partial charge in [0.2, 0.25) is 0 Å². The van der Waals surface area contributed by atoms with E-state index >= 15 is 0 Å². The fourth-order valence-corrected chi connectivity index (χ4v) is 5.08. The van der Waals surface area contributed by atoms with Gasteiger partial charge in [-0.05, 0) is 38.7 Å². The van der Waals surface area contributed by atoms with Gasteiger partial charge in [0.25, 0.3) is 5.91 Å². The average Bonchev–Trinajstić information content (AvgIpc) is 3.50. The number of hydrogen-bond acceptors (Lipinski definition) is 4. The number of hydrogen-bond donors (Lipinski definition) is 0. The molecule has 1 fully saturated rings. The normalized spacial score (nSPS) is 17.0. The molecule has 1 aromatic carbocycles. The highest BCUT2D eigenvalue weighted by Crippen LogP contribution is 2.27. The predicted octanol–water partition coefficient (Wildman–Crippen LogP) is 4.65. The molecule has 1 aliphatic heterocycles. The molecule has 5 rings (SSSR count). The summed E-state index contributed by atoms with van der Waals surface area (Å²) >= 11 is 1.53. The van der Waals surface area contributed by atoms with Crippen molar-refractivity contribution in [1.29, 1.82) is 0 Å². The fourth-order valence-electron chi connectivity index (χ4n) is 4.23. The van der Waals surface area contributed by atoms with Crippen LogP contribution in [0.15, 0.2) is 54.3 Å². The number of thiazole rings is 1. The second-order valence-electron chi connectivity index (χ2n) is 7.97. The van der Waals surface area contributed by atoms with Gasteiger partial charge in [-0.1, -0.05) is 29.8 Å². The molecular formula is C23H25N5OS. The minimum absolute atomic E-state index is 0.110. The SMILES string of the molecule is Cc1ccc(-c2cn3c(C(=O)N4CCCC[C@H]4CCn4cccn4)csc3n2)cc1. The van der Waals surface area contributed by atoms with E-state index in [0.717, 1.165) is 48.6 Å². The summed E-state index contributed by atoms with van der Waals surface area (Å²) in [6.07, 6.45) is 10.0. The van der Waals surface area contributed by atoms with Crippen LogP contribution >= 0.6 is 11.3 Å². The van der Waals surface area contributed by atoms with Crippen LogP contribution in [0.25, 0.3) is 16.2 Å². The van der Waals surface area contributed by atoms with E-state index in [0.29, 0.717) is 5.69 Å². The van der Waals surface area contributed by atoms with E-state index in [1.807, 2.05) is 32.9 Å². The first-order chi connectivity index (χ1) is 14.7. The molecule has 4 heterocycles. The smallest absolute Gasteiger partial charge is 0.271 e. The number of amides is 1. The highest BCUT2D eigenvalue weighted by atomic mass is 32.1. The monoisotopic (exact) mass is 419 g/mol. The second kappa shape index (κ2) is 8.07. The molecule has 0 unspecified atom stereocenters. The maximum atomic E-state index is 13.5. The first kappa shape index (κ1) is 19.1. The van der Waals surface area contributed by atoms with Gasteiger partial charge in [0.1, 0.15) is 5.69 Å². The third-order valence-electron chi connectivity index (χ3n) is 5.91. The van der Waals surface area contributed by atoms with E-state index in [1.165, 1.54) is 23.3 Å². The molecule has 0 aliphatic carbocycles. The standard InChI is InChI=1S/C23H25N5OS/c1-17-6-8-18(9-7-17)20-15-28-21(16-30-23(28)25-20)22(29)27-13-3-2-5-19(27)10-14-26-12-4-11-24-26/h4,6-9,11-12,15-16,19H,2-3,5,10,13-14H2,1H3/t19-/m0/s1. The number of aromatic nitrogens is 4. The highest BCUT2D eigenvalue weighted by Gasteiger charge is 2.29. The molecule has 3 aromatic heterocycles. The Morgan fingerprint density at radius 1 is 1.23 bits per heavy atom. The molecular weight excluding hydrogens is 394 g/mol. The largest absolute Gasteiger partial charge is 0.334 e. The summed E-state index contributed by atoms with van der Waals surface area (Å²) in [6, 6.07) is 10.5. The molecule has 0 spiro atoms. The third-order valence-corrected chi connectivity index (χ3v) is 6.75. The van der Waals surface area contributed by atoms with Crippen molar-refractivity contribution in [2.45, 2.75) is 45.2 Å². The lowest BCUT2D eigenvalue weighted by atomic mass is 9.99. The molecule has 7 heteroatoms. The van der Waals surface area contributed by atoms with Crippen LogP contribution in [0.2, 0.25) is 0 Å². The number of nitrogens with zero attached hydrogens (tertiary/aromatic N) is 5. The van der Waals surface area contributed by atoms with Gasteiger partial charge in [-0.25, -0.2) is 4.98 Å². The number of fused-ring (bicyclic) bond motifs is 1. The first-order valence-corrected chi connectivity index (χ1v) is 11.4. The Balaban J connectivity index is 1.39. The van der Waals surface area contributed by atoms with Gasteiger partial charge in [0.05, 0.1) is 5.69 Å². The molecule has 1 amide bonds. The van der Waals surface area contributed by atoms with Gasteiger partial charge in [0, 0.05) is 48.7 Å². The Morgan fingerprint density at radius 2 is 2.10 bits per heavy atom. The van der Waals surface area contributed by atoms with Crippen molar-refractivity contribution in [3.63, 3.8) is 0 Å². The Kier molecular flexibility index (Phi) is 5.12. The number of carbonyl (C=O) groups excluding carboxylic acids is 1. The lowest BCUT2D eigenvalue weighted by Crippen LogP contribution is -2.44. The summed E-state index contributed by atoms with van der Waals surface area (Å²) in [7, 11) is 0. The second-order valence-corrected chi connectivity index (χ2v) is 8.81. The molecule has 154 valence electrons. The number of carbonyl (C=O) groups is 1. The topological polar surface area (TPSA) is 55.4 Å². The van der Waals surface area contributed by atoms with Gasteiger partial charge in [-0.3, -0.25) is 13.9 Å². The number of aryl methyl sites for hydroxylation is 2. The maximum absolute atomic E-state index is 13.5. The number of imidazole rings is 1. The van der Waals surface area contributed by atoms with E-state index in [4.69, 9.17) is 4.98 Å². The molecule has 30 heavy (non-hydrogen) atoms. The number of benzene rings is 1. The molecule has 0 bridgehead atoms. The van der Waals surface area contributed by atoms with Gasteiger partial charge in [-0.15, -0.1) is 11.3 Å². The first-order valence-electron chi connectivity index (χ1n) is 10.5. The Labute approximate surface area is 179 Å². The van der Waals surface area contributed by atoms with Crippen LogP contribution in [-0.2, 0) is 6.54 Å². The molecule has 4 aromatic rings. The zero-order valence-corrected chi connectivity index (χ0v) is 17.9. The zero-order chi connectivity index (χ0) is 20.5. The quantitative estimate of drug-likeness (QED) is 0.473. The molecule has 0 saturated carbocycles. The summed E-state index contributed by atoms with van der Waals surface area (Å²) in [5, 5.41) is 6.25. The van der Waals surface area contributed by atoms with Crippen LogP contribution in [0, 0.1) is 6.92 Å². The molecule has 0 radical (unpaired) electrons. The van der Waals surface area contributed by atoms with Gasteiger partial charge in [-0.2, -0.15) is 5.10 Å². The molecule has 1 aliphatic rings. The number of piperidine rings is 1. The third kappa shape index (κ3) is 3.65. The minimum atomic E-state index is 0.110. The summed E-state index contributed by atoms with van der Waals surface area (Å²) in [4.78, 5) is 21.2. The zero-order valence-electron chi connectivity index (χ0n) is 17.1. The number of likely N-dealkylation sites (tertiary alicyclic amines) is 1. The van der Waals surface area contributed by atoms with Crippen molar-refractivity contribution in [2.75, 3.05) is 6.54 Å². The summed E-state index contributed by atoms with van der Waals surface area (Å²) < 4.78 is 3.91.